The zero-order valence-electron chi connectivity index (χ0n) is 27.9. The van der Waals surface area contributed by atoms with Crippen LogP contribution in [0.3, 0.4) is 0 Å². The first-order valence-electron chi connectivity index (χ1n) is 15.5. The first-order chi connectivity index (χ1) is 21.6. The van der Waals surface area contributed by atoms with E-state index in [4.69, 9.17) is 40.2 Å². The molecule has 0 fully saturated rings. The average Bonchev–Trinajstić information content (AvgIpc) is 3.65. The van der Waals surface area contributed by atoms with Gasteiger partial charge in [-0.25, -0.2) is 12.1 Å². The molecular formula is C41H42Cl4Zr-2. The molecule has 0 spiro atoms. The number of aryl methyl sites for hydroxylation is 2. The van der Waals surface area contributed by atoms with Gasteiger partial charge in [-0.1, -0.05) is 75.9 Å². The third-order valence-corrected chi connectivity index (χ3v) is 13.1. The minimum absolute atomic E-state index is 0.180. The zero-order chi connectivity index (χ0) is 33.8. The SMILES string of the molecule is Cc1cc2[cH-]c3cc(C)c(C(C)(C)C)cc3c2cc1C(C)(C)C.Clc1ccc([C](c2ccc(Cl)cc2)=[Zr]([Cl])[Cl])cc1.c1cc[cH-]c1. The van der Waals surface area contributed by atoms with Crippen molar-refractivity contribution in [1.29, 1.82) is 0 Å². The van der Waals surface area contributed by atoms with E-state index < -0.39 is 18.9 Å². The Kier molecular flexibility index (Phi) is 12.4. The van der Waals surface area contributed by atoms with Crippen LogP contribution >= 0.6 is 40.2 Å². The molecule has 0 unspecified atom stereocenters. The fraction of sp³-hybridized carbons (Fsp3) is 0.244. The molecule has 0 saturated carbocycles. The maximum absolute atomic E-state index is 6.25. The summed E-state index contributed by atoms with van der Waals surface area (Å²) in [6, 6.07) is 37.1. The number of fused-ring (bicyclic) bond motifs is 3. The molecule has 0 heterocycles. The van der Waals surface area contributed by atoms with Crippen LogP contribution in [0, 0.1) is 13.8 Å². The van der Waals surface area contributed by atoms with Gasteiger partial charge in [-0.3, -0.25) is 0 Å². The maximum Gasteiger partial charge on any atom is -0.172 e. The summed E-state index contributed by atoms with van der Waals surface area (Å²) in [7, 11) is 12.5. The third-order valence-electron chi connectivity index (χ3n) is 8.02. The van der Waals surface area contributed by atoms with Gasteiger partial charge in [-0.2, -0.15) is 18.2 Å². The Morgan fingerprint density at radius 3 is 1.24 bits per heavy atom. The van der Waals surface area contributed by atoms with Crippen LogP contribution in [0.1, 0.15) is 74.9 Å². The van der Waals surface area contributed by atoms with Crippen molar-refractivity contribution in [3.8, 4) is 0 Å². The molecule has 0 aromatic heterocycles. The van der Waals surface area contributed by atoms with Crippen LogP contribution in [0.15, 0.2) is 109 Å². The van der Waals surface area contributed by atoms with Gasteiger partial charge in [0.25, 0.3) is 0 Å². The fourth-order valence-corrected chi connectivity index (χ4v) is 10.6. The van der Waals surface area contributed by atoms with E-state index in [1.54, 1.807) is 0 Å². The number of benzene rings is 4. The average molecular weight is 768 g/mol. The van der Waals surface area contributed by atoms with Crippen LogP contribution in [-0.2, 0) is 29.7 Å². The summed E-state index contributed by atoms with van der Waals surface area (Å²) in [6.07, 6.45) is 0. The Morgan fingerprint density at radius 1 is 0.587 bits per heavy atom. The molecule has 0 nitrogen and oxygen atoms in total. The Morgan fingerprint density at radius 2 is 0.957 bits per heavy atom. The smallest absolute Gasteiger partial charge is 0.172 e. The van der Waals surface area contributed by atoms with Gasteiger partial charge in [0, 0.05) is 0 Å². The Labute approximate surface area is 300 Å². The van der Waals surface area contributed by atoms with Crippen LogP contribution in [0.5, 0.6) is 0 Å². The second kappa shape index (κ2) is 15.5. The monoisotopic (exact) mass is 764 g/mol. The van der Waals surface area contributed by atoms with Crippen LogP contribution in [0.2, 0.25) is 10.0 Å². The van der Waals surface area contributed by atoms with Gasteiger partial charge < -0.3 is 0 Å². The van der Waals surface area contributed by atoms with Crippen molar-refractivity contribution >= 4 is 65.0 Å². The zero-order valence-corrected chi connectivity index (χ0v) is 33.4. The van der Waals surface area contributed by atoms with Crippen molar-refractivity contribution < 1.29 is 18.9 Å². The van der Waals surface area contributed by atoms with Crippen LogP contribution < -0.4 is 0 Å². The molecule has 0 radical (unpaired) electrons. The normalized spacial score (nSPS) is 11.5. The van der Waals surface area contributed by atoms with E-state index in [0.717, 1.165) is 14.3 Å². The van der Waals surface area contributed by atoms with E-state index in [-0.39, 0.29) is 10.8 Å². The van der Waals surface area contributed by atoms with Gasteiger partial charge in [0.15, 0.2) is 0 Å². The number of hydrogen-bond donors (Lipinski definition) is 0. The van der Waals surface area contributed by atoms with Crippen LogP contribution in [0.25, 0.3) is 21.5 Å². The Hall–Kier alpha value is -1.99. The minimum Gasteiger partial charge on any atom is -0.214 e. The molecule has 0 atom stereocenters. The molecule has 240 valence electrons. The van der Waals surface area contributed by atoms with Crippen molar-refractivity contribution in [2.24, 2.45) is 0 Å². The van der Waals surface area contributed by atoms with Crippen LogP contribution in [0.4, 0.5) is 0 Å². The van der Waals surface area contributed by atoms with E-state index in [0.29, 0.717) is 10.0 Å². The van der Waals surface area contributed by atoms with Gasteiger partial charge in [0.1, 0.15) is 0 Å². The third kappa shape index (κ3) is 9.33. The largest absolute Gasteiger partial charge is 0.214 e. The fourth-order valence-electron chi connectivity index (χ4n) is 5.89. The summed E-state index contributed by atoms with van der Waals surface area (Å²) >= 11 is 9.20. The summed E-state index contributed by atoms with van der Waals surface area (Å²) in [6.45, 7) is 18.3. The summed E-state index contributed by atoms with van der Waals surface area (Å²) in [5.41, 5.74) is 8.12. The molecule has 0 aliphatic rings. The predicted octanol–water partition coefficient (Wildman–Crippen LogP) is 13.8. The molecule has 46 heavy (non-hydrogen) atoms. The molecule has 5 heteroatoms. The number of hydrogen-bond acceptors (Lipinski definition) is 0. The van der Waals surface area contributed by atoms with Crippen molar-refractivity contribution in [1.82, 2.24) is 0 Å². The molecule has 0 aliphatic carbocycles. The summed E-state index contributed by atoms with van der Waals surface area (Å²) in [4.78, 5) is 0. The quantitative estimate of drug-likeness (QED) is 0.154. The summed E-state index contributed by atoms with van der Waals surface area (Å²) in [5, 5.41) is 6.95. The molecule has 0 aliphatic heterocycles. The first-order valence-corrected chi connectivity index (χ1v) is 23.8. The van der Waals surface area contributed by atoms with Crippen molar-refractivity contribution in [3.63, 3.8) is 0 Å². The number of halogens is 4. The van der Waals surface area contributed by atoms with E-state index in [9.17, 15) is 0 Å². The van der Waals surface area contributed by atoms with Crippen molar-refractivity contribution in [3.05, 3.63) is 153 Å². The second-order valence-electron chi connectivity index (χ2n) is 13.8. The molecule has 6 aromatic rings. The van der Waals surface area contributed by atoms with E-state index >= 15 is 0 Å². The van der Waals surface area contributed by atoms with E-state index in [2.05, 4.69) is 85.7 Å². The van der Waals surface area contributed by atoms with Gasteiger partial charge in [-0.05, 0) is 24.7 Å². The Balaban J connectivity index is 0.000000185. The summed E-state index contributed by atoms with van der Waals surface area (Å²) < 4.78 is 1.04. The predicted molar refractivity (Wildman–Crippen MR) is 204 cm³/mol. The molecule has 0 bridgehead atoms. The van der Waals surface area contributed by atoms with Crippen molar-refractivity contribution in [2.45, 2.75) is 66.2 Å². The molecule has 0 amide bonds. The maximum atomic E-state index is 6.25. The first kappa shape index (κ1) is 36.8. The topological polar surface area (TPSA) is 0 Å². The van der Waals surface area contributed by atoms with Gasteiger partial charge >= 0.3 is 132 Å². The Bertz CT molecular complexity index is 1790. The van der Waals surface area contributed by atoms with Gasteiger partial charge in [0.2, 0.25) is 0 Å². The minimum atomic E-state index is -2.57. The molecule has 6 rings (SSSR count). The van der Waals surface area contributed by atoms with Crippen molar-refractivity contribution in [2.75, 3.05) is 0 Å². The number of rotatable bonds is 2. The van der Waals surface area contributed by atoms with E-state index in [1.165, 1.54) is 43.8 Å². The molecule has 0 saturated heterocycles. The molecule has 6 aromatic carbocycles. The van der Waals surface area contributed by atoms with Gasteiger partial charge in [-0.15, -0.1) is 39.7 Å². The molecular weight excluding hydrogens is 725 g/mol. The molecule has 0 N–H and O–H groups in total. The summed E-state index contributed by atoms with van der Waals surface area (Å²) in [5.74, 6) is 0. The van der Waals surface area contributed by atoms with Gasteiger partial charge in [0.05, 0.1) is 0 Å². The second-order valence-corrected chi connectivity index (χ2v) is 22.8. The van der Waals surface area contributed by atoms with E-state index in [1.807, 2.05) is 78.9 Å². The van der Waals surface area contributed by atoms with Crippen LogP contribution in [-0.4, -0.2) is 3.21 Å². The standard InChI is InChI=1S/C23H29.C13H8Cl2.C5H5.2ClH.Zr/c1-14-9-16-11-17-10-15(2)21(23(6,7)8)13-19(17)18(16)12-20(14)22(3,4)5;14-12-5-1-10(2-6-12)9-11-3-7-13(15)8-4-11;1-2-4-5-3-1;;;/h9-13H,1-8H3;1-8H;1-5H;2*1H;/q-1;;-1;;;+2/p-2.